The van der Waals surface area contributed by atoms with E-state index in [0.29, 0.717) is 22.1 Å². The van der Waals surface area contributed by atoms with Gasteiger partial charge in [0.05, 0.1) is 30.6 Å². The van der Waals surface area contributed by atoms with E-state index in [4.69, 9.17) is 13.8 Å². The molecular weight excluding hydrogens is 389 g/mol. The summed E-state index contributed by atoms with van der Waals surface area (Å²) >= 11 is 0. The molecule has 0 atom stereocenters. The van der Waals surface area contributed by atoms with Crippen molar-refractivity contribution < 1.29 is 23.1 Å². The zero-order valence-electron chi connectivity index (χ0n) is 17.2. The van der Waals surface area contributed by atoms with Gasteiger partial charge < -0.3 is 18.2 Å². The molecule has 0 N–H and O–H groups in total. The lowest BCUT2D eigenvalue weighted by Crippen LogP contribution is -2.14. The second-order valence-electron chi connectivity index (χ2n) is 6.45. The molecule has 3 rings (SSSR count). The Bertz CT molecular complexity index is 1050. The van der Waals surface area contributed by atoms with Crippen molar-refractivity contribution in [2.24, 2.45) is 0 Å². The van der Waals surface area contributed by atoms with Crippen LogP contribution in [0.15, 0.2) is 48.7 Å². The van der Waals surface area contributed by atoms with Crippen molar-refractivity contribution in [1.82, 2.24) is 4.40 Å². The second kappa shape index (κ2) is 8.95. The van der Waals surface area contributed by atoms with Crippen LogP contribution in [0.1, 0.15) is 36.8 Å². The predicted molar refractivity (Wildman–Crippen MR) is 114 cm³/mol. The Balaban J connectivity index is 2.49. The number of aryl methyl sites for hydroxylation is 1. The molecule has 0 unspecified atom stereocenters. The van der Waals surface area contributed by atoms with Crippen LogP contribution in [0.2, 0.25) is 0 Å². The summed E-state index contributed by atoms with van der Waals surface area (Å²) < 4.78 is 32.4. The van der Waals surface area contributed by atoms with Crippen molar-refractivity contribution in [2.45, 2.75) is 27.7 Å². The first-order valence-corrected chi connectivity index (χ1v) is 11.3. The van der Waals surface area contributed by atoms with Crippen LogP contribution in [-0.2, 0) is 18.3 Å². The minimum atomic E-state index is -3.71. The van der Waals surface area contributed by atoms with E-state index in [1.165, 1.54) is 0 Å². The SMILES string of the molecule is CCOC(=O)c1c(-c2ccccc2)c(P(=O)(OCC)OCC)c2cc(C)ccn12. The van der Waals surface area contributed by atoms with Crippen molar-refractivity contribution in [3.05, 3.63) is 59.9 Å². The van der Waals surface area contributed by atoms with Gasteiger partial charge in [-0.1, -0.05) is 30.3 Å². The number of carbonyl (C=O) groups excluding carboxylic acids is 1. The molecule has 0 saturated heterocycles. The highest BCUT2D eigenvalue weighted by Crippen LogP contribution is 2.52. The van der Waals surface area contributed by atoms with Gasteiger partial charge in [0.2, 0.25) is 0 Å². The van der Waals surface area contributed by atoms with Gasteiger partial charge in [-0.2, -0.15) is 0 Å². The highest BCUT2D eigenvalue weighted by atomic mass is 31.2. The molecule has 0 radical (unpaired) electrons. The van der Waals surface area contributed by atoms with Crippen molar-refractivity contribution in [3.8, 4) is 11.1 Å². The number of ether oxygens (including phenoxy) is 1. The Hall–Kier alpha value is -2.40. The first-order chi connectivity index (χ1) is 14.0. The van der Waals surface area contributed by atoms with Crippen LogP contribution in [0.25, 0.3) is 16.6 Å². The second-order valence-corrected chi connectivity index (χ2v) is 8.41. The number of rotatable bonds is 8. The van der Waals surface area contributed by atoms with Crippen LogP contribution in [0.5, 0.6) is 0 Å². The summed E-state index contributed by atoms with van der Waals surface area (Å²) in [4.78, 5) is 13.0. The topological polar surface area (TPSA) is 66.2 Å². The standard InChI is InChI=1S/C22H26NO5P/c1-5-26-22(24)20-19(17-11-9-8-10-12-17)21(29(25,27-6-2)28-7-3)18-15-16(4)13-14-23(18)20/h8-15H,5-7H2,1-4H3. The summed E-state index contributed by atoms with van der Waals surface area (Å²) in [5.74, 6) is -0.490. The number of benzene rings is 1. The number of carbonyl (C=O) groups is 1. The molecule has 6 nitrogen and oxygen atoms in total. The van der Waals surface area contributed by atoms with E-state index in [9.17, 15) is 9.36 Å². The molecule has 0 amide bonds. The molecule has 154 valence electrons. The van der Waals surface area contributed by atoms with Crippen LogP contribution < -0.4 is 5.30 Å². The van der Waals surface area contributed by atoms with Crippen molar-refractivity contribution in [1.29, 1.82) is 0 Å². The van der Waals surface area contributed by atoms with Gasteiger partial charge in [0.1, 0.15) is 5.69 Å². The van der Waals surface area contributed by atoms with E-state index in [1.807, 2.05) is 49.4 Å². The maximum Gasteiger partial charge on any atom is 0.364 e. The largest absolute Gasteiger partial charge is 0.461 e. The van der Waals surface area contributed by atoms with Crippen LogP contribution in [0, 0.1) is 6.92 Å². The van der Waals surface area contributed by atoms with Crippen molar-refractivity contribution in [3.63, 3.8) is 0 Å². The van der Waals surface area contributed by atoms with Crippen LogP contribution >= 0.6 is 7.60 Å². The molecule has 0 bridgehead atoms. The van der Waals surface area contributed by atoms with Gasteiger partial charge in [-0.3, -0.25) is 4.57 Å². The number of nitrogens with zero attached hydrogens (tertiary/aromatic N) is 1. The van der Waals surface area contributed by atoms with E-state index in [-0.39, 0.29) is 19.8 Å². The Labute approximate surface area is 170 Å². The zero-order chi connectivity index (χ0) is 21.0. The molecule has 1 aromatic carbocycles. The number of aromatic nitrogens is 1. The summed E-state index contributed by atoms with van der Waals surface area (Å²) in [5.41, 5.74) is 3.14. The van der Waals surface area contributed by atoms with E-state index in [0.717, 1.165) is 11.1 Å². The predicted octanol–water partition coefficient (Wildman–Crippen LogP) is 4.98. The van der Waals surface area contributed by atoms with E-state index in [1.54, 1.807) is 31.4 Å². The van der Waals surface area contributed by atoms with Gasteiger partial charge >= 0.3 is 13.6 Å². The fourth-order valence-corrected chi connectivity index (χ4v) is 5.38. The van der Waals surface area contributed by atoms with Crippen molar-refractivity contribution in [2.75, 3.05) is 19.8 Å². The maximum atomic E-state index is 13.9. The average molecular weight is 415 g/mol. The highest BCUT2D eigenvalue weighted by molar-refractivity contribution is 7.63. The summed E-state index contributed by atoms with van der Waals surface area (Å²) in [7, 11) is -3.71. The Morgan fingerprint density at radius 3 is 2.24 bits per heavy atom. The molecule has 0 fully saturated rings. The third-order valence-electron chi connectivity index (χ3n) is 4.47. The number of fused-ring (bicyclic) bond motifs is 1. The Kier molecular flexibility index (Phi) is 6.58. The molecule has 0 aliphatic heterocycles. The Morgan fingerprint density at radius 2 is 1.66 bits per heavy atom. The molecule has 2 aromatic heterocycles. The quantitative estimate of drug-likeness (QED) is 0.383. The van der Waals surface area contributed by atoms with Crippen molar-refractivity contribution >= 4 is 24.4 Å². The van der Waals surface area contributed by atoms with Gasteiger partial charge in [0.15, 0.2) is 0 Å². The number of pyridine rings is 1. The summed E-state index contributed by atoms with van der Waals surface area (Å²) in [6.07, 6.45) is 1.79. The van der Waals surface area contributed by atoms with E-state index < -0.39 is 13.6 Å². The zero-order valence-corrected chi connectivity index (χ0v) is 18.1. The maximum absolute atomic E-state index is 13.9. The normalized spacial score (nSPS) is 11.7. The van der Waals surface area contributed by atoms with Crippen LogP contribution in [0.3, 0.4) is 0 Å². The molecular formula is C22H26NO5P. The summed E-state index contributed by atoms with van der Waals surface area (Å²) in [5, 5.41) is 0.388. The lowest BCUT2D eigenvalue weighted by atomic mass is 10.1. The first-order valence-electron chi connectivity index (χ1n) is 9.73. The fraction of sp³-hybridized carbons (Fsp3) is 0.318. The minimum Gasteiger partial charge on any atom is -0.461 e. The number of esters is 1. The molecule has 0 spiro atoms. The molecule has 29 heavy (non-hydrogen) atoms. The molecule has 0 aliphatic carbocycles. The average Bonchev–Trinajstić information content (AvgIpc) is 3.04. The minimum absolute atomic E-state index is 0.212. The number of hydrogen-bond acceptors (Lipinski definition) is 5. The van der Waals surface area contributed by atoms with Gasteiger partial charge in [0, 0.05) is 11.8 Å². The molecule has 2 heterocycles. The van der Waals surface area contributed by atoms with E-state index >= 15 is 0 Å². The van der Waals surface area contributed by atoms with Crippen LogP contribution in [-0.4, -0.2) is 30.2 Å². The summed E-state index contributed by atoms with van der Waals surface area (Å²) in [6, 6.07) is 13.1. The molecule has 0 saturated carbocycles. The lowest BCUT2D eigenvalue weighted by Gasteiger charge is -2.18. The van der Waals surface area contributed by atoms with Gasteiger partial charge in [0.25, 0.3) is 0 Å². The fourth-order valence-electron chi connectivity index (χ4n) is 3.41. The van der Waals surface area contributed by atoms with Gasteiger partial charge in [-0.05, 0) is 51.0 Å². The number of hydrogen-bond donors (Lipinski definition) is 0. The first kappa shape index (κ1) is 21.3. The van der Waals surface area contributed by atoms with E-state index in [2.05, 4.69) is 0 Å². The lowest BCUT2D eigenvalue weighted by molar-refractivity contribution is 0.0519. The van der Waals surface area contributed by atoms with Gasteiger partial charge in [-0.15, -0.1) is 0 Å². The van der Waals surface area contributed by atoms with Gasteiger partial charge in [-0.25, -0.2) is 4.79 Å². The van der Waals surface area contributed by atoms with Crippen LogP contribution in [0.4, 0.5) is 0 Å². The molecule has 7 heteroatoms. The monoisotopic (exact) mass is 415 g/mol. The molecule has 3 aromatic rings. The molecule has 0 aliphatic rings. The highest BCUT2D eigenvalue weighted by Gasteiger charge is 2.38. The third-order valence-corrected chi connectivity index (χ3v) is 6.67. The Morgan fingerprint density at radius 1 is 1.00 bits per heavy atom. The third kappa shape index (κ3) is 4.01. The summed E-state index contributed by atoms with van der Waals surface area (Å²) in [6.45, 7) is 7.89. The smallest absolute Gasteiger partial charge is 0.364 e.